The molecule has 12 fully saturated rings. The molecule has 3 heterocycles. The third-order valence-corrected chi connectivity index (χ3v) is 32.7. The van der Waals surface area contributed by atoms with Gasteiger partial charge in [0.2, 0.25) is 0 Å². The van der Waals surface area contributed by atoms with Gasteiger partial charge in [0.1, 0.15) is 18.9 Å². The van der Waals surface area contributed by atoms with E-state index in [2.05, 4.69) is 89.9 Å². The molecule has 0 bridgehead atoms. The molecule has 18 heteroatoms. The summed E-state index contributed by atoms with van der Waals surface area (Å²) in [6, 6.07) is 24.8. The number of hydrogen-bond acceptors (Lipinski definition) is 13. The van der Waals surface area contributed by atoms with Crippen LogP contribution in [0.4, 0.5) is 5.69 Å². The molecule has 0 radical (unpaired) electrons. The second-order valence-corrected chi connectivity index (χ2v) is 38.3. The molecule has 25 atom stereocenters. The fourth-order valence-corrected chi connectivity index (χ4v) is 27.8. The molecule has 12 saturated carbocycles. The van der Waals surface area contributed by atoms with Gasteiger partial charge in [0.25, 0.3) is 6.47 Å². The third kappa shape index (κ3) is 16.5. The largest absolute Gasteiger partial charge is 1.00 e. The van der Waals surface area contributed by atoms with Crippen LogP contribution in [0.25, 0.3) is 21.8 Å². The zero-order valence-corrected chi connectivity index (χ0v) is 73.9. The Morgan fingerprint density at radius 3 is 1.34 bits per heavy atom. The standard InChI is InChI=1S/2C29H40N2O2.C21H33BrO2.C8H8N2.CH2O3.2K.H/c1-18-20-6-4-5-7-26(20)30-31(18)17-27(32)25-11-10-24-23-9-8-19-16-28(2,33)14-12-21(19)22(23)13-15-29(24,25)3;1-18-20-6-4-5-7-26(20)31(30-18)17-27(32)25-11-10-24-23-9-8-19-16-28(2,33)14-12-21(19)22(23)13-15-29(24,25)3;1-20(24)9-7-14-13(11-20)3-4-16-15(14)8-10-21(2)17(16)5-6-18(21)19(23)12-22;1-6-7-4-2-3-5-8(7)10-9-6;2-1-4-3;;;/h2*4-7,19,21-25,33H,8-17H2,1-3H3;13-18,24H,3-12H2,1-2H3;2-6H,1H3;1,3H;;;/q;;;;;2*+1;-1/p-1/t2*19-,21+,22-,23-,24+,25-,28-,29+;13-,14+,15-,16-,17+,18-,20-,21+;;;;;/m111...../s1. The number of halogens is 1. The molecule has 15 nitrogen and oxygen atoms in total. The van der Waals surface area contributed by atoms with E-state index in [0.717, 1.165) is 174 Å². The van der Waals surface area contributed by atoms with Crippen LogP contribution in [0.3, 0.4) is 0 Å². The molecule has 568 valence electrons. The van der Waals surface area contributed by atoms with Gasteiger partial charge in [0.15, 0.2) is 11.6 Å². The molecule has 0 amide bonds. The van der Waals surface area contributed by atoms with E-state index in [1.165, 1.54) is 121 Å². The van der Waals surface area contributed by atoms with Crippen molar-refractivity contribution in [2.75, 3.05) is 5.33 Å². The maximum absolute atomic E-state index is 13.7. The van der Waals surface area contributed by atoms with Gasteiger partial charge < -0.3 is 26.9 Å². The van der Waals surface area contributed by atoms with Gasteiger partial charge in [-0.3, -0.25) is 28.5 Å². The Hall–Kier alpha value is -1.73. The number of carbonyl (C=O) groups excluding carboxylic acids is 4. The number of benzene rings is 3. The fraction of sp³-hybridized carbons (Fsp3) is 0.727. The van der Waals surface area contributed by atoms with Gasteiger partial charge in [-0.05, 0) is 338 Å². The molecule has 18 rings (SSSR count). The molecule has 106 heavy (non-hydrogen) atoms. The van der Waals surface area contributed by atoms with Gasteiger partial charge in [0.05, 0.1) is 50.6 Å². The fourth-order valence-electron chi connectivity index (χ4n) is 27.4. The van der Waals surface area contributed by atoms with E-state index >= 15 is 0 Å². The van der Waals surface area contributed by atoms with Crippen molar-refractivity contribution in [3.8, 4) is 0 Å². The molecule has 5 aromatic rings. The van der Waals surface area contributed by atoms with Crippen LogP contribution in [-0.2, 0) is 37.2 Å². The summed E-state index contributed by atoms with van der Waals surface area (Å²) in [4.78, 5) is 51.1. The first-order valence-electron chi connectivity index (χ1n) is 41.1. The second kappa shape index (κ2) is 34.0. The van der Waals surface area contributed by atoms with E-state index in [9.17, 15) is 29.7 Å². The Kier molecular flexibility index (Phi) is 26.8. The van der Waals surface area contributed by atoms with Crippen molar-refractivity contribution >= 4 is 67.2 Å². The van der Waals surface area contributed by atoms with Crippen molar-refractivity contribution in [1.82, 2.24) is 19.6 Å². The van der Waals surface area contributed by atoms with E-state index < -0.39 is 16.8 Å². The molecular formula is C88H123BrK2N6O9. The monoisotopic (exact) mass is 1560 g/mol. The van der Waals surface area contributed by atoms with Crippen molar-refractivity contribution in [3.05, 3.63) is 89.7 Å². The van der Waals surface area contributed by atoms with Gasteiger partial charge >= 0.3 is 103 Å². The van der Waals surface area contributed by atoms with E-state index in [1.807, 2.05) is 85.6 Å². The van der Waals surface area contributed by atoms with Crippen molar-refractivity contribution in [3.63, 3.8) is 0 Å². The van der Waals surface area contributed by atoms with Crippen LogP contribution in [0, 0.1) is 137 Å². The predicted molar refractivity (Wildman–Crippen MR) is 409 cm³/mol. The normalized spacial score (nSPS) is 40.9. The summed E-state index contributed by atoms with van der Waals surface area (Å²) in [6.45, 7) is 20.3. The maximum Gasteiger partial charge on any atom is 1.00 e. The zero-order valence-electron chi connectivity index (χ0n) is 67.0. The minimum atomic E-state index is -0.447. The van der Waals surface area contributed by atoms with Crippen LogP contribution in [0.1, 0.15) is 246 Å². The molecule has 0 saturated heterocycles. The smallest absolute Gasteiger partial charge is 1.00 e. The molecule has 2 aromatic heterocycles. The summed E-state index contributed by atoms with van der Waals surface area (Å²) in [6.07, 6.45) is 32.0. The number of para-hydroxylation sites is 1. The SMILES string of the molecule is CC1N=Nc2ccccc21.C[C@@]1(O)CC[C@H]2[C@H](CC[C@@H]3[C@@H]2CC[C@]2(C)[C@@H](C(=O)CBr)CC[C@@H]32)C1.Cc1c2ccccc2nn1CC(=O)[C@H]1CC[C@H]2[C@@H]3CC[C@@H]4C[C@](C)(O)CC[C@@H]4[C@H]3CC[C@]12C.Cc1nn(CC(=O)[C@H]2CC[C@H]3[C@@H]4CC[C@@H]5C[C@](C)(O)CC[C@@H]5[C@H]4CC[C@]23C)c2ccccc12.O=CO[O-].[H-].[K+].[K+]. The van der Waals surface area contributed by atoms with Crippen molar-refractivity contribution in [2.24, 2.45) is 133 Å². The number of aromatic nitrogens is 4. The Bertz CT molecular complexity index is 3970. The predicted octanol–water partition coefficient (Wildman–Crippen LogP) is 12.2. The van der Waals surface area contributed by atoms with E-state index in [4.69, 9.17) is 20.2 Å². The number of alkyl halides is 1. The van der Waals surface area contributed by atoms with Crippen molar-refractivity contribution in [2.45, 2.75) is 272 Å². The molecule has 3 N–H and O–H groups in total. The Balaban J connectivity index is 0.000000146. The number of ketones is 3. The summed E-state index contributed by atoms with van der Waals surface area (Å²) in [7, 11) is 0. The van der Waals surface area contributed by atoms with Gasteiger partial charge in [-0.15, -0.1) is 0 Å². The molecular weight excluding hydrogens is 1440 g/mol. The van der Waals surface area contributed by atoms with Crippen LogP contribution in [0.5, 0.6) is 0 Å². The number of aryl methyl sites for hydroxylation is 2. The first-order chi connectivity index (χ1) is 49.7. The van der Waals surface area contributed by atoms with Crippen LogP contribution in [-0.4, -0.2) is 80.8 Å². The Labute approximate surface area is 726 Å². The number of rotatable bonds is 9. The van der Waals surface area contributed by atoms with Crippen LogP contribution in [0.15, 0.2) is 83.0 Å². The molecule has 1 aliphatic heterocycles. The summed E-state index contributed by atoms with van der Waals surface area (Å²) in [5.74, 6) is 13.7. The van der Waals surface area contributed by atoms with Gasteiger partial charge in [-0.2, -0.15) is 20.4 Å². The minimum absolute atomic E-state index is 0. The number of carbonyl (C=O) groups is 4. The molecule has 3 aromatic carbocycles. The number of Topliss-reactive ketones (excluding diaryl/α,β-unsaturated/α-hetero) is 3. The number of hydrogen-bond donors (Lipinski definition) is 3. The average Bonchev–Trinajstić information content (AvgIpc) is 1.67. The quantitative estimate of drug-likeness (QED) is 0.0414. The number of aliphatic hydroxyl groups is 3. The summed E-state index contributed by atoms with van der Waals surface area (Å²) < 4.78 is 3.91. The molecule has 12 aliphatic carbocycles. The van der Waals surface area contributed by atoms with Gasteiger partial charge in [-0.25, -0.2) is 0 Å². The average molecular weight is 1570 g/mol. The number of fused-ring (bicyclic) bond motifs is 18. The summed E-state index contributed by atoms with van der Waals surface area (Å²) in [5, 5.41) is 60.5. The van der Waals surface area contributed by atoms with E-state index in [0.29, 0.717) is 53.5 Å². The first-order valence-corrected chi connectivity index (χ1v) is 42.2. The van der Waals surface area contributed by atoms with E-state index in [1.54, 1.807) is 0 Å². The first kappa shape index (κ1) is 83.7. The Morgan fingerprint density at radius 2 is 0.906 bits per heavy atom. The Morgan fingerprint density at radius 1 is 0.509 bits per heavy atom. The van der Waals surface area contributed by atoms with Gasteiger partial charge in [-0.1, -0.05) is 91.3 Å². The summed E-state index contributed by atoms with van der Waals surface area (Å²) in [5.41, 5.74) is 5.71. The topological polar surface area (TPSA) is 222 Å². The van der Waals surface area contributed by atoms with Gasteiger partial charge in [0, 0.05) is 39.8 Å². The van der Waals surface area contributed by atoms with Crippen LogP contribution >= 0.6 is 15.9 Å². The number of azo groups is 1. The molecule has 13 aliphatic rings. The van der Waals surface area contributed by atoms with Crippen molar-refractivity contribution in [1.29, 1.82) is 0 Å². The molecule has 1 unspecified atom stereocenters. The molecule has 0 spiro atoms. The van der Waals surface area contributed by atoms with Crippen molar-refractivity contribution < 1.29 is 149 Å². The number of nitrogens with zero attached hydrogens (tertiary/aromatic N) is 6. The van der Waals surface area contributed by atoms with Crippen LogP contribution in [0.2, 0.25) is 0 Å². The van der Waals surface area contributed by atoms with E-state index in [-0.39, 0.29) is 145 Å². The second-order valence-electron chi connectivity index (χ2n) is 37.7. The zero-order chi connectivity index (χ0) is 73.4. The minimum Gasteiger partial charge on any atom is -1.00 e. The third-order valence-electron chi connectivity index (χ3n) is 32.1. The van der Waals surface area contributed by atoms with Crippen LogP contribution < -0.4 is 108 Å². The summed E-state index contributed by atoms with van der Waals surface area (Å²) >= 11 is 3.42. The maximum atomic E-state index is 13.7.